The van der Waals surface area contributed by atoms with Crippen LogP contribution in [0.3, 0.4) is 0 Å². The van der Waals surface area contributed by atoms with Gasteiger partial charge in [-0.1, -0.05) is 11.6 Å². The van der Waals surface area contributed by atoms with Crippen molar-refractivity contribution in [3.05, 3.63) is 59.1 Å². The van der Waals surface area contributed by atoms with Crippen LogP contribution in [0.15, 0.2) is 47.4 Å². The first-order valence-electron chi connectivity index (χ1n) is 8.29. The Kier molecular flexibility index (Phi) is 5.78. The maximum Gasteiger partial charge on any atom is 0.243 e. The summed E-state index contributed by atoms with van der Waals surface area (Å²) >= 11 is 5.91. The van der Waals surface area contributed by atoms with Crippen molar-refractivity contribution in [2.45, 2.75) is 17.7 Å². The number of nitrogens with one attached hydrogen (secondary N) is 1. The predicted molar refractivity (Wildman–Crippen MR) is 97.9 cm³/mol. The maximum absolute atomic E-state index is 13.1. The zero-order chi connectivity index (χ0) is 19.6. The van der Waals surface area contributed by atoms with Gasteiger partial charge >= 0.3 is 0 Å². The van der Waals surface area contributed by atoms with E-state index in [-0.39, 0.29) is 34.6 Å². The van der Waals surface area contributed by atoms with Crippen LogP contribution in [-0.2, 0) is 14.8 Å². The van der Waals surface area contributed by atoms with Crippen LogP contribution in [-0.4, -0.2) is 31.7 Å². The standard InChI is InChI=1S/C18H17ClF2N2O3S/c19-16-10-14(21)5-8-17(16)22-18(24)12-2-1-9-23(11-12)27(25,26)15-6-3-13(20)4-7-15/h3-8,10,12H,1-2,9,11H2,(H,22,24). The summed E-state index contributed by atoms with van der Waals surface area (Å²) < 4.78 is 52.8. The number of benzene rings is 2. The van der Waals surface area contributed by atoms with Crippen molar-refractivity contribution >= 4 is 33.2 Å². The van der Waals surface area contributed by atoms with E-state index >= 15 is 0 Å². The summed E-state index contributed by atoms with van der Waals surface area (Å²) in [4.78, 5) is 12.5. The summed E-state index contributed by atoms with van der Waals surface area (Å²) in [5.41, 5.74) is 0.265. The van der Waals surface area contributed by atoms with Crippen LogP contribution in [0.5, 0.6) is 0 Å². The molecular weight excluding hydrogens is 398 g/mol. The average molecular weight is 415 g/mol. The highest BCUT2D eigenvalue weighted by molar-refractivity contribution is 7.89. The second-order valence-corrected chi connectivity index (χ2v) is 8.61. The van der Waals surface area contributed by atoms with Gasteiger partial charge in [-0.15, -0.1) is 0 Å². The Morgan fingerprint density at radius 2 is 1.78 bits per heavy atom. The first-order valence-corrected chi connectivity index (χ1v) is 10.1. The van der Waals surface area contributed by atoms with Gasteiger partial charge in [0.25, 0.3) is 0 Å². The molecule has 0 saturated carbocycles. The maximum atomic E-state index is 13.1. The molecule has 0 bridgehead atoms. The van der Waals surface area contributed by atoms with Gasteiger partial charge in [0, 0.05) is 13.1 Å². The molecule has 3 rings (SSSR count). The van der Waals surface area contributed by atoms with Crippen molar-refractivity contribution in [3.8, 4) is 0 Å². The molecule has 0 aliphatic carbocycles. The molecule has 1 atom stereocenters. The highest BCUT2D eigenvalue weighted by Gasteiger charge is 2.33. The van der Waals surface area contributed by atoms with Crippen molar-refractivity contribution in [1.82, 2.24) is 4.31 Å². The van der Waals surface area contributed by atoms with E-state index in [2.05, 4.69) is 5.32 Å². The number of hydrogen-bond acceptors (Lipinski definition) is 3. The lowest BCUT2D eigenvalue weighted by Gasteiger charge is -2.31. The minimum Gasteiger partial charge on any atom is -0.324 e. The molecule has 1 unspecified atom stereocenters. The number of nitrogens with zero attached hydrogens (tertiary/aromatic N) is 1. The van der Waals surface area contributed by atoms with E-state index in [9.17, 15) is 22.0 Å². The third kappa shape index (κ3) is 4.45. The first kappa shape index (κ1) is 19.7. The molecule has 1 N–H and O–H groups in total. The first-order chi connectivity index (χ1) is 12.8. The quantitative estimate of drug-likeness (QED) is 0.830. The van der Waals surface area contributed by atoms with Gasteiger partial charge in [-0.2, -0.15) is 4.31 Å². The van der Waals surface area contributed by atoms with Crippen LogP contribution in [0, 0.1) is 17.6 Å². The molecule has 0 aromatic heterocycles. The average Bonchev–Trinajstić information content (AvgIpc) is 2.64. The molecule has 1 fully saturated rings. The molecule has 5 nitrogen and oxygen atoms in total. The Labute approximate surface area is 161 Å². The summed E-state index contributed by atoms with van der Waals surface area (Å²) in [6, 6.07) is 8.18. The fourth-order valence-electron chi connectivity index (χ4n) is 2.96. The minimum absolute atomic E-state index is 0.00432. The zero-order valence-electron chi connectivity index (χ0n) is 14.2. The summed E-state index contributed by atoms with van der Waals surface area (Å²) in [6.45, 7) is 0.283. The van der Waals surface area contributed by atoms with E-state index < -0.39 is 27.6 Å². The second kappa shape index (κ2) is 7.92. The van der Waals surface area contributed by atoms with Gasteiger partial charge in [-0.25, -0.2) is 17.2 Å². The highest BCUT2D eigenvalue weighted by atomic mass is 35.5. The van der Waals surface area contributed by atoms with E-state index in [4.69, 9.17) is 11.6 Å². The molecule has 0 radical (unpaired) electrons. The topological polar surface area (TPSA) is 66.5 Å². The third-order valence-electron chi connectivity index (χ3n) is 4.40. The zero-order valence-corrected chi connectivity index (χ0v) is 15.7. The SMILES string of the molecule is O=C(Nc1ccc(F)cc1Cl)C1CCCN(S(=O)(=O)c2ccc(F)cc2)C1. The Hall–Kier alpha value is -2.03. The smallest absolute Gasteiger partial charge is 0.243 e. The van der Waals surface area contributed by atoms with Gasteiger partial charge in [0.15, 0.2) is 0 Å². The van der Waals surface area contributed by atoms with E-state index in [1.807, 2.05) is 0 Å². The predicted octanol–water partition coefficient (Wildman–Crippen LogP) is 3.66. The van der Waals surface area contributed by atoms with Crippen LogP contribution in [0.25, 0.3) is 0 Å². The van der Waals surface area contributed by atoms with E-state index in [1.165, 1.54) is 28.6 Å². The molecule has 1 heterocycles. The molecule has 144 valence electrons. The van der Waals surface area contributed by atoms with Gasteiger partial charge in [0.1, 0.15) is 11.6 Å². The van der Waals surface area contributed by atoms with Gasteiger partial charge in [-0.3, -0.25) is 4.79 Å². The van der Waals surface area contributed by atoms with Crippen LogP contribution in [0.4, 0.5) is 14.5 Å². The number of halogens is 3. The van der Waals surface area contributed by atoms with Crippen molar-refractivity contribution in [1.29, 1.82) is 0 Å². The second-order valence-electron chi connectivity index (χ2n) is 6.27. The number of carbonyl (C=O) groups is 1. The summed E-state index contributed by atoms with van der Waals surface area (Å²) in [5.74, 6) is -2.01. The molecular formula is C18H17ClF2N2O3S. The normalized spacial score (nSPS) is 18.3. The van der Waals surface area contributed by atoms with Crippen LogP contribution in [0.1, 0.15) is 12.8 Å². The lowest BCUT2D eigenvalue weighted by Crippen LogP contribution is -2.43. The van der Waals surface area contributed by atoms with Gasteiger partial charge in [-0.05, 0) is 55.3 Å². The lowest BCUT2D eigenvalue weighted by molar-refractivity contribution is -0.120. The van der Waals surface area contributed by atoms with Crippen molar-refractivity contribution < 1.29 is 22.0 Å². The summed E-state index contributed by atoms with van der Waals surface area (Å²) in [6.07, 6.45) is 1.02. The Morgan fingerprint density at radius 1 is 1.11 bits per heavy atom. The third-order valence-corrected chi connectivity index (χ3v) is 6.59. The van der Waals surface area contributed by atoms with Crippen molar-refractivity contribution in [2.75, 3.05) is 18.4 Å². The largest absolute Gasteiger partial charge is 0.324 e. The van der Waals surface area contributed by atoms with Gasteiger partial charge < -0.3 is 5.32 Å². The van der Waals surface area contributed by atoms with Crippen LogP contribution >= 0.6 is 11.6 Å². The molecule has 2 aromatic carbocycles. The Morgan fingerprint density at radius 3 is 2.44 bits per heavy atom. The fraction of sp³-hybridized carbons (Fsp3) is 0.278. The van der Waals surface area contributed by atoms with E-state index in [0.29, 0.717) is 12.8 Å². The minimum atomic E-state index is -3.82. The number of amides is 1. The number of carbonyl (C=O) groups excluding carboxylic acids is 1. The molecule has 27 heavy (non-hydrogen) atoms. The molecule has 1 aliphatic rings. The number of hydrogen-bond donors (Lipinski definition) is 1. The number of sulfonamides is 1. The van der Waals surface area contributed by atoms with Crippen molar-refractivity contribution in [3.63, 3.8) is 0 Å². The summed E-state index contributed by atoms with van der Waals surface area (Å²) in [7, 11) is -3.82. The van der Waals surface area contributed by atoms with Crippen molar-refractivity contribution in [2.24, 2.45) is 5.92 Å². The summed E-state index contributed by atoms with van der Waals surface area (Å²) in [5, 5.41) is 2.68. The van der Waals surface area contributed by atoms with Gasteiger partial charge in [0.05, 0.1) is 21.5 Å². The molecule has 1 amide bonds. The molecule has 2 aromatic rings. The highest BCUT2D eigenvalue weighted by Crippen LogP contribution is 2.27. The van der Waals surface area contributed by atoms with Crippen LogP contribution < -0.4 is 5.32 Å². The monoisotopic (exact) mass is 414 g/mol. The molecule has 1 aliphatic heterocycles. The number of rotatable bonds is 4. The molecule has 9 heteroatoms. The van der Waals surface area contributed by atoms with Crippen LogP contribution in [0.2, 0.25) is 5.02 Å². The number of piperidine rings is 1. The number of anilines is 1. The Balaban J connectivity index is 1.73. The fourth-order valence-corrected chi connectivity index (χ4v) is 4.69. The molecule has 1 saturated heterocycles. The lowest BCUT2D eigenvalue weighted by atomic mass is 9.98. The Bertz CT molecular complexity index is 952. The molecule has 0 spiro atoms. The van der Waals surface area contributed by atoms with E-state index in [1.54, 1.807) is 0 Å². The van der Waals surface area contributed by atoms with Gasteiger partial charge in [0.2, 0.25) is 15.9 Å². The van der Waals surface area contributed by atoms with E-state index in [0.717, 1.165) is 18.2 Å².